The van der Waals surface area contributed by atoms with Crippen LogP contribution in [0.5, 0.6) is 0 Å². The predicted octanol–water partition coefficient (Wildman–Crippen LogP) is 2.00. The summed E-state index contributed by atoms with van der Waals surface area (Å²) in [7, 11) is 0. The zero-order chi connectivity index (χ0) is 15.9. The summed E-state index contributed by atoms with van der Waals surface area (Å²) < 4.78 is 0. The van der Waals surface area contributed by atoms with E-state index in [0.29, 0.717) is 5.92 Å². The third-order valence-corrected chi connectivity index (χ3v) is 4.72. The van der Waals surface area contributed by atoms with Gasteiger partial charge in [-0.3, -0.25) is 9.89 Å². The van der Waals surface area contributed by atoms with Crippen molar-refractivity contribution in [2.75, 3.05) is 45.8 Å². The van der Waals surface area contributed by atoms with Gasteiger partial charge in [0.1, 0.15) is 0 Å². The summed E-state index contributed by atoms with van der Waals surface area (Å²) in [5.41, 5.74) is 0. The monoisotopic (exact) mass is 438 g/mol. The number of guanidine groups is 1. The molecule has 0 aromatic rings. The molecule has 2 rings (SSSR count). The SMILES string of the molecule is CCNC(=NCC1CCCC1O)N1CCN(CC(C)C)CC1.I. The maximum atomic E-state index is 9.95. The number of aliphatic imine (C=N–C) groups is 1. The molecule has 5 nitrogen and oxygen atoms in total. The Kier molecular flexibility index (Phi) is 9.77. The van der Waals surface area contributed by atoms with Gasteiger partial charge in [0.2, 0.25) is 0 Å². The molecule has 0 aromatic heterocycles. The zero-order valence-corrected chi connectivity index (χ0v) is 17.3. The van der Waals surface area contributed by atoms with E-state index in [-0.39, 0.29) is 30.1 Å². The molecule has 6 heteroatoms. The minimum atomic E-state index is -0.144. The molecular weight excluding hydrogens is 403 g/mol. The van der Waals surface area contributed by atoms with Crippen molar-refractivity contribution in [1.82, 2.24) is 15.1 Å². The van der Waals surface area contributed by atoms with E-state index in [1.165, 1.54) is 6.54 Å². The summed E-state index contributed by atoms with van der Waals surface area (Å²) in [6.45, 7) is 13.9. The van der Waals surface area contributed by atoms with Crippen LogP contribution in [-0.2, 0) is 0 Å². The lowest BCUT2D eigenvalue weighted by Crippen LogP contribution is -2.53. The highest BCUT2D eigenvalue weighted by atomic mass is 127. The molecule has 1 saturated carbocycles. The highest BCUT2D eigenvalue weighted by Gasteiger charge is 2.25. The fraction of sp³-hybridized carbons (Fsp3) is 0.941. The van der Waals surface area contributed by atoms with Crippen LogP contribution in [0, 0.1) is 11.8 Å². The average Bonchev–Trinajstić information content (AvgIpc) is 2.89. The number of hydrogen-bond donors (Lipinski definition) is 2. The van der Waals surface area contributed by atoms with Crippen LogP contribution in [0.4, 0.5) is 0 Å². The number of nitrogens with zero attached hydrogens (tertiary/aromatic N) is 3. The molecule has 0 spiro atoms. The Labute approximate surface area is 158 Å². The molecule has 1 saturated heterocycles. The van der Waals surface area contributed by atoms with E-state index in [0.717, 1.165) is 70.4 Å². The van der Waals surface area contributed by atoms with Gasteiger partial charge in [0.15, 0.2) is 5.96 Å². The largest absolute Gasteiger partial charge is 0.393 e. The van der Waals surface area contributed by atoms with Crippen LogP contribution in [-0.4, -0.2) is 72.8 Å². The summed E-state index contributed by atoms with van der Waals surface area (Å²) in [5.74, 6) is 2.12. The molecule has 0 amide bonds. The summed E-state index contributed by atoms with van der Waals surface area (Å²) >= 11 is 0. The van der Waals surface area contributed by atoms with Gasteiger partial charge in [-0.05, 0) is 25.7 Å². The van der Waals surface area contributed by atoms with Crippen molar-refractivity contribution in [2.45, 2.75) is 46.1 Å². The number of aliphatic hydroxyl groups excluding tert-OH is 1. The van der Waals surface area contributed by atoms with E-state index < -0.39 is 0 Å². The average molecular weight is 438 g/mol. The van der Waals surface area contributed by atoms with Crippen molar-refractivity contribution in [3.63, 3.8) is 0 Å². The molecule has 23 heavy (non-hydrogen) atoms. The van der Waals surface area contributed by atoms with E-state index in [1.54, 1.807) is 0 Å². The molecule has 0 bridgehead atoms. The van der Waals surface area contributed by atoms with Crippen LogP contribution < -0.4 is 5.32 Å². The van der Waals surface area contributed by atoms with Crippen molar-refractivity contribution < 1.29 is 5.11 Å². The van der Waals surface area contributed by atoms with Gasteiger partial charge >= 0.3 is 0 Å². The third kappa shape index (κ3) is 6.74. The number of aliphatic hydroxyl groups is 1. The molecule has 1 heterocycles. The van der Waals surface area contributed by atoms with E-state index >= 15 is 0 Å². The van der Waals surface area contributed by atoms with Gasteiger partial charge in [-0.1, -0.05) is 20.3 Å². The first-order valence-electron chi connectivity index (χ1n) is 9.03. The van der Waals surface area contributed by atoms with Crippen LogP contribution in [0.2, 0.25) is 0 Å². The highest BCUT2D eigenvalue weighted by molar-refractivity contribution is 14.0. The quantitative estimate of drug-likeness (QED) is 0.392. The van der Waals surface area contributed by atoms with Gasteiger partial charge in [0.05, 0.1) is 6.10 Å². The predicted molar refractivity (Wildman–Crippen MR) is 108 cm³/mol. The molecule has 2 unspecified atom stereocenters. The van der Waals surface area contributed by atoms with Crippen molar-refractivity contribution in [3.05, 3.63) is 0 Å². The standard InChI is InChI=1S/C17H34N4O.HI/c1-4-18-17(19-12-15-6-5-7-16(15)22)21-10-8-20(9-11-21)13-14(2)3;/h14-16,22H,4-13H2,1-3H3,(H,18,19);1H. The lowest BCUT2D eigenvalue weighted by atomic mass is 10.1. The molecule has 1 aliphatic heterocycles. The number of piperazine rings is 1. The molecule has 2 aliphatic rings. The maximum absolute atomic E-state index is 9.95. The fourth-order valence-electron chi connectivity index (χ4n) is 3.52. The van der Waals surface area contributed by atoms with Gasteiger partial charge in [0.25, 0.3) is 0 Å². The molecular formula is C17H35IN4O. The van der Waals surface area contributed by atoms with Crippen LogP contribution >= 0.6 is 24.0 Å². The first-order chi connectivity index (χ1) is 10.6. The first kappa shape index (κ1) is 21.0. The molecule has 1 aliphatic carbocycles. The Morgan fingerprint density at radius 2 is 1.91 bits per heavy atom. The molecule has 2 fully saturated rings. The number of nitrogens with one attached hydrogen (secondary N) is 1. The Balaban J connectivity index is 0.00000264. The first-order valence-corrected chi connectivity index (χ1v) is 9.03. The van der Waals surface area contributed by atoms with Crippen molar-refractivity contribution in [1.29, 1.82) is 0 Å². The van der Waals surface area contributed by atoms with E-state index in [4.69, 9.17) is 4.99 Å². The minimum Gasteiger partial charge on any atom is -0.393 e. The second-order valence-electron chi connectivity index (χ2n) is 7.13. The van der Waals surface area contributed by atoms with Crippen molar-refractivity contribution >= 4 is 29.9 Å². The summed E-state index contributed by atoms with van der Waals surface area (Å²) in [5, 5.41) is 13.4. The van der Waals surface area contributed by atoms with Gasteiger partial charge in [-0.15, -0.1) is 24.0 Å². The van der Waals surface area contributed by atoms with E-state index in [9.17, 15) is 5.11 Å². The van der Waals surface area contributed by atoms with Gasteiger partial charge in [-0.2, -0.15) is 0 Å². The van der Waals surface area contributed by atoms with Crippen molar-refractivity contribution in [2.24, 2.45) is 16.8 Å². The van der Waals surface area contributed by atoms with Crippen LogP contribution in [0.15, 0.2) is 4.99 Å². The number of hydrogen-bond acceptors (Lipinski definition) is 3. The van der Waals surface area contributed by atoms with Gasteiger partial charge in [0, 0.05) is 51.7 Å². The summed E-state index contributed by atoms with van der Waals surface area (Å²) in [4.78, 5) is 9.73. The normalized spacial score (nSPS) is 26.5. The highest BCUT2D eigenvalue weighted by Crippen LogP contribution is 2.25. The van der Waals surface area contributed by atoms with Crippen LogP contribution in [0.25, 0.3) is 0 Å². The number of rotatable bonds is 5. The third-order valence-electron chi connectivity index (χ3n) is 4.72. The Morgan fingerprint density at radius 1 is 1.22 bits per heavy atom. The Hall–Kier alpha value is -0.0800. The minimum absolute atomic E-state index is 0. The Morgan fingerprint density at radius 3 is 2.43 bits per heavy atom. The molecule has 0 radical (unpaired) electrons. The smallest absolute Gasteiger partial charge is 0.194 e. The van der Waals surface area contributed by atoms with E-state index in [1.807, 2.05) is 0 Å². The lowest BCUT2D eigenvalue weighted by Gasteiger charge is -2.37. The molecule has 2 N–H and O–H groups in total. The molecule has 2 atom stereocenters. The summed E-state index contributed by atoms with van der Waals surface area (Å²) in [6, 6.07) is 0. The molecule has 0 aromatic carbocycles. The Bertz CT molecular complexity index is 357. The second kappa shape index (κ2) is 10.7. The second-order valence-corrected chi connectivity index (χ2v) is 7.13. The topological polar surface area (TPSA) is 51.1 Å². The van der Waals surface area contributed by atoms with Gasteiger partial charge < -0.3 is 15.3 Å². The summed E-state index contributed by atoms with van der Waals surface area (Å²) in [6.07, 6.45) is 3.07. The van der Waals surface area contributed by atoms with E-state index in [2.05, 4.69) is 35.9 Å². The number of halogens is 1. The van der Waals surface area contributed by atoms with Crippen molar-refractivity contribution in [3.8, 4) is 0 Å². The van der Waals surface area contributed by atoms with Crippen LogP contribution in [0.1, 0.15) is 40.0 Å². The van der Waals surface area contributed by atoms with Gasteiger partial charge in [-0.25, -0.2) is 0 Å². The van der Waals surface area contributed by atoms with Crippen LogP contribution in [0.3, 0.4) is 0 Å². The fourth-order valence-corrected chi connectivity index (χ4v) is 3.52. The zero-order valence-electron chi connectivity index (χ0n) is 15.0. The lowest BCUT2D eigenvalue weighted by molar-refractivity contribution is 0.136. The maximum Gasteiger partial charge on any atom is 0.194 e. The molecule has 136 valence electrons.